The van der Waals surface area contributed by atoms with Crippen LogP contribution in [0.25, 0.3) is 10.2 Å². The van der Waals surface area contributed by atoms with E-state index in [0.29, 0.717) is 0 Å². The molecule has 5 heteroatoms. The lowest BCUT2D eigenvalue weighted by Crippen LogP contribution is -2.46. The number of piperidine rings is 1. The van der Waals surface area contributed by atoms with E-state index in [1.807, 2.05) is 18.2 Å². The molecule has 0 atom stereocenters. The minimum Gasteiger partial charge on any atom is -0.355 e. The van der Waals surface area contributed by atoms with E-state index in [9.17, 15) is 4.79 Å². The second-order valence-electron chi connectivity index (χ2n) is 6.79. The molecule has 1 aliphatic rings. The second kappa shape index (κ2) is 6.23. The quantitative estimate of drug-likeness (QED) is 0.712. The Labute approximate surface area is 151 Å². The number of aryl methyl sites for hydroxylation is 1. The van der Waals surface area contributed by atoms with Crippen LogP contribution in [0.2, 0.25) is 0 Å². The number of carbonyl (C=O) groups is 1. The average molecular weight is 351 g/mol. The molecule has 4 nitrogen and oxygen atoms in total. The molecule has 1 saturated heterocycles. The summed E-state index contributed by atoms with van der Waals surface area (Å²) in [6.07, 6.45) is 3.30. The molecule has 128 valence electrons. The van der Waals surface area contributed by atoms with Gasteiger partial charge in [-0.15, -0.1) is 11.3 Å². The summed E-state index contributed by atoms with van der Waals surface area (Å²) in [6.45, 7) is 5.48. The van der Waals surface area contributed by atoms with Gasteiger partial charge in [0.1, 0.15) is 17.9 Å². The van der Waals surface area contributed by atoms with Crippen molar-refractivity contribution in [2.45, 2.75) is 32.1 Å². The Kier molecular flexibility index (Phi) is 4.04. The highest BCUT2D eigenvalue weighted by atomic mass is 32.1. The molecule has 3 heterocycles. The molecule has 0 spiro atoms. The Morgan fingerprint density at radius 3 is 2.56 bits per heavy atom. The van der Waals surface area contributed by atoms with Crippen LogP contribution in [0, 0.1) is 6.92 Å². The van der Waals surface area contributed by atoms with Crippen LogP contribution < -0.4 is 4.90 Å². The zero-order valence-corrected chi connectivity index (χ0v) is 15.3. The second-order valence-corrected chi connectivity index (χ2v) is 7.66. The summed E-state index contributed by atoms with van der Waals surface area (Å²) in [5.41, 5.74) is 3.02. The highest BCUT2D eigenvalue weighted by Gasteiger charge is 2.40. The molecule has 1 fully saturated rings. The third-order valence-electron chi connectivity index (χ3n) is 5.43. The number of ketones is 1. The first kappa shape index (κ1) is 16.2. The van der Waals surface area contributed by atoms with Crippen molar-refractivity contribution >= 4 is 33.2 Å². The number of hydrogen-bond acceptors (Lipinski definition) is 5. The van der Waals surface area contributed by atoms with Gasteiger partial charge in [0.2, 0.25) is 0 Å². The third kappa shape index (κ3) is 2.63. The van der Waals surface area contributed by atoms with E-state index in [2.05, 4.69) is 39.3 Å². The molecule has 0 saturated carbocycles. The lowest BCUT2D eigenvalue weighted by molar-refractivity contribution is -0.123. The molecule has 2 aromatic heterocycles. The molecule has 0 bridgehead atoms. The van der Waals surface area contributed by atoms with E-state index in [1.54, 1.807) is 24.6 Å². The van der Waals surface area contributed by atoms with Gasteiger partial charge in [0.05, 0.1) is 15.6 Å². The summed E-state index contributed by atoms with van der Waals surface area (Å²) in [6, 6.07) is 10.2. The molecule has 1 aliphatic heterocycles. The van der Waals surface area contributed by atoms with Gasteiger partial charge >= 0.3 is 0 Å². The molecule has 0 radical (unpaired) electrons. The van der Waals surface area contributed by atoms with Gasteiger partial charge in [0.15, 0.2) is 0 Å². The summed E-state index contributed by atoms with van der Waals surface area (Å²) < 4.78 is 1.15. The van der Waals surface area contributed by atoms with Crippen molar-refractivity contribution in [2.24, 2.45) is 0 Å². The number of aromatic nitrogens is 2. The molecular weight excluding hydrogens is 330 g/mol. The van der Waals surface area contributed by atoms with Crippen LogP contribution in [0.1, 0.15) is 30.9 Å². The van der Waals surface area contributed by atoms with E-state index in [-0.39, 0.29) is 11.2 Å². The number of thiophene rings is 1. The summed E-state index contributed by atoms with van der Waals surface area (Å²) in [5.74, 6) is 1.27. The fourth-order valence-electron chi connectivity index (χ4n) is 3.88. The molecule has 0 N–H and O–H groups in total. The maximum absolute atomic E-state index is 12.5. The van der Waals surface area contributed by atoms with Crippen LogP contribution >= 0.6 is 11.3 Å². The zero-order valence-electron chi connectivity index (χ0n) is 14.5. The minimum atomic E-state index is -0.366. The number of rotatable bonds is 3. The summed E-state index contributed by atoms with van der Waals surface area (Å²) in [4.78, 5) is 23.8. The molecule has 0 unspecified atom stereocenters. The maximum atomic E-state index is 12.5. The van der Waals surface area contributed by atoms with Crippen LogP contribution in [0.15, 0.2) is 42.0 Å². The van der Waals surface area contributed by atoms with Crippen LogP contribution in [0.4, 0.5) is 5.82 Å². The van der Waals surface area contributed by atoms with Gasteiger partial charge < -0.3 is 4.90 Å². The molecule has 0 aliphatic carbocycles. The van der Waals surface area contributed by atoms with E-state index >= 15 is 0 Å². The summed E-state index contributed by atoms with van der Waals surface area (Å²) in [7, 11) is 0. The van der Waals surface area contributed by atoms with Gasteiger partial charge in [-0.3, -0.25) is 4.79 Å². The number of hydrogen-bond donors (Lipinski definition) is 0. The van der Waals surface area contributed by atoms with Crippen LogP contribution in [-0.4, -0.2) is 28.8 Å². The van der Waals surface area contributed by atoms with E-state index in [0.717, 1.165) is 47.5 Å². The number of nitrogens with zero attached hydrogens (tertiary/aromatic N) is 3. The van der Waals surface area contributed by atoms with Crippen LogP contribution in [0.3, 0.4) is 0 Å². The Morgan fingerprint density at radius 2 is 1.88 bits per heavy atom. The standard InChI is InChI=1S/C20H21N3OS/c1-14-12-25-18-17(14)21-13-22-19(18)23-10-8-20(9-11-23,15(2)24)16-6-4-3-5-7-16/h3-7,12-13H,8-11H2,1-2H3. The molecule has 25 heavy (non-hydrogen) atoms. The molecule has 4 rings (SSSR count). The van der Waals surface area contributed by atoms with Gasteiger partial charge in [-0.05, 0) is 43.2 Å². The first-order valence-corrected chi connectivity index (χ1v) is 9.50. The minimum absolute atomic E-state index is 0.262. The molecule has 0 amide bonds. The van der Waals surface area contributed by atoms with Crippen molar-refractivity contribution in [2.75, 3.05) is 18.0 Å². The Morgan fingerprint density at radius 1 is 1.16 bits per heavy atom. The van der Waals surface area contributed by atoms with E-state index < -0.39 is 0 Å². The highest BCUT2D eigenvalue weighted by Crippen LogP contribution is 2.39. The van der Waals surface area contributed by atoms with Gasteiger partial charge in [-0.25, -0.2) is 9.97 Å². The largest absolute Gasteiger partial charge is 0.355 e. The van der Waals surface area contributed by atoms with E-state index in [4.69, 9.17) is 0 Å². The van der Waals surface area contributed by atoms with Crippen molar-refractivity contribution in [3.63, 3.8) is 0 Å². The van der Waals surface area contributed by atoms with Gasteiger partial charge in [0, 0.05) is 13.1 Å². The third-order valence-corrected chi connectivity index (χ3v) is 6.51. The smallest absolute Gasteiger partial charge is 0.150 e. The Hall–Kier alpha value is -2.27. The fourth-order valence-corrected chi connectivity index (χ4v) is 4.90. The number of fused-ring (bicyclic) bond motifs is 1. The number of anilines is 1. The predicted octanol–water partition coefficient (Wildman–Crippen LogP) is 4.13. The molecular formula is C20H21N3OS. The predicted molar refractivity (Wildman–Crippen MR) is 102 cm³/mol. The number of Topliss-reactive ketones (excluding diaryl/α,β-unsaturated/α-hetero) is 1. The number of carbonyl (C=O) groups excluding carboxylic acids is 1. The zero-order chi connectivity index (χ0) is 17.4. The lowest BCUT2D eigenvalue weighted by atomic mass is 9.70. The monoisotopic (exact) mass is 351 g/mol. The van der Waals surface area contributed by atoms with E-state index in [1.165, 1.54) is 5.56 Å². The van der Waals surface area contributed by atoms with Crippen molar-refractivity contribution in [1.82, 2.24) is 9.97 Å². The van der Waals surface area contributed by atoms with Gasteiger partial charge in [0.25, 0.3) is 0 Å². The van der Waals surface area contributed by atoms with Gasteiger partial charge in [-0.2, -0.15) is 0 Å². The normalized spacial score (nSPS) is 17.0. The van der Waals surface area contributed by atoms with Crippen molar-refractivity contribution in [3.8, 4) is 0 Å². The topological polar surface area (TPSA) is 46.1 Å². The van der Waals surface area contributed by atoms with Crippen molar-refractivity contribution < 1.29 is 4.79 Å². The van der Waals surface area contributed by atoms with Crippen LogP contribution in [0.5, 0.6) is 0 Å². The van der Waals surface area contributed by atoms with Crippen LogP contribution in [-0.2, 0) is 10.2 Å². The Balaban J connectivity index is 1.65. The first-order chi connectivity index (χ1) is 12.1. The summed E-state index contributed by atoms with van der Waals surface area (Å²) >= 11 is 1.70. The fraction of sp³-hybridized carbons (Fsp3) is 0.350. The average Bonchev–Trinajstić information content (AvgIpc) is 3.04. The highest BCUT2D eigenvalue weighted by molar-refractivity contribution is 7.18. The summed E-state index contributed by atoms with van der Waals surface area (Å²) in [5, 5.41) is 2.14. The molecule has 1 aromatic carbocycles. The first-order valence-electron chi connectivity index (χ1n) is 8.62. The number of benzene rings is 1. The maximum Gasteiger partial charge on any atom is 0.150 e. The van der Waals surface area contributed by atoms with Crippen molar-refractivity contribution in [3.05, 3.63) is 53.2 Å². The SMILES string of the molecule is CC(=O)C1(c2ccccc2)CCN(c2ncnc3c(C)csc23)CC1. The van der Waals surface area contributed by atoms with Gasteiger partial charge in [-0.1, -0.05) is 30.3 Å². The Bertz CT molecular complexity index is 911. The van der Waals surface area contributed by atoms with Crippen molar-refractivity contribution in [1.29, 1.82) is 0 Å². The molecule has 3 aromatic rings. The lowest BCUT2D eigenvalue weighted by Gasteiger charge is -2.41.